The second-order valence-electron chi connectivity index (χ2n) is 7.37. The molecule has 1 unspecified atom stereocenters. The van der Waals surface area contributed by atoms with Crippen LogP contribution in [-0.4, -0.2) is 86.8 Å². The van der Waals surface area contributed by atoms with Gasteiger partial charge in [0.2, 0.25) is 0 Å². The van der Waals surface area contributed by atoms with Crippen molar-refractivity contribution in [3.05, 3.63) is 29.8 Å². The van der Waals surface area contributed by atoms with Crippen LogP contribution in [-0.2, 0) is 59.0 Å². The minimum absolute atomic E-state index is 0.0360. The lowest BCUT2D eigenvalue weighted by atomic mass is 9.96. The van der Waals surface area contributed by atoms with E-state index in [9.17, 15) is 21.6 Å². The van der Waals surface area contributed by atoms with Crippen LogP contribution in [0.2, 0.25) is 0 Å². The summed E-state index contributed by atoms with van der Waals surface area (Å²) in [6.07, 6.45) is -2.00. The lowest BCUT2D eigenvalue weighted by Crippen LogP contribution is -2.53. The third-order valence-corrected chi connectivity index (χ3v) is 5.69. The molecule has 188 valence electrons. The number of hydrogen-bond donors (Lipinski definition) is 0. The maximum atomic E-state index is 11.7. The van der Waals surface area contributed by atoms with Gasteiger partial charge in [0.15, 0.2) is 18.0 Å². The van der Waals surface area contributed by atoms with Gasteiger partial charge < -0.3 is 23.7 Å². The molecule has 2 rings (SSSR count). The van der Waals surface area contributed by atoms with Crippen molar-refractivity contribution in [1.82, 2.24) is 0 Å². The van der Waals surface area contributed by atoms with Gasteiger partial charge in [-0.15, -0.1) is 0 Å². The van der Waals surface area contributed by atoms with E-state index < -0.39 is 63.5 Å². The van der Waals surface area contributed by atoms with Crippen LogP contribution in [0.4, 0.5) is 0 Å². The zero-order valence-electron chi connectivity index (χ0n) is 18.9. The summed E-state index contributed by atoms with van der Waals surface area (Å²) < 4.78 is 84.1. The van der Waals surface area contributed by atoms with Crippen molar-refractivity contribution in [2.75, 3.05) is 39.9 Å². The molecule has 1 aliphatic rings. The highest BCUT2D eigenvalue weighted by Gasteiger charge is 2.59. The molecule has 1 aromatic carbocycles. The van der Waals surface area contributed by atoms with Gasteiger partial charge in [-0.05, 0) is 17.7 Å². The van der Waals surface area contributed by atoms with E-state index >= 15 is 0 Å². The van der Waals surface area contributed by atoms with Crippen molar-refractivity contribution >= 4 is 26.2 Å². The van der Waals surface area contributed by atoms with Gasteiger partial charge in [-0.3, -0.25) is 13.2 Å². The zero-order valence-corrected chi connectivity index (χ0v) is 20.5. The van der Waals surface area contributed by atoms with Crippen molar-refractivity contribution in [1.29, 1.82) is 0 Å². The Bertz CT molecular complexity index is 968. The summed E-state index contributed by atoms with van der Waals surface area (Å²) in [4.78, 5) is 11.7. The molecule has 14 heteroatoms. The molecule has 0 aromatic heterocycles. The quantitative estimate of drug-likeness (QED) is 0.278. The first-order chi connectivity index (χ1) is 15.3. The predicted octanol–water partition coefficient (Wildman–Crippen LogP) is 0.206. The zero-order chi connectivity index (χ0) is 24.9. The molecule has 33 heavy (non-hydrogen) atoms. The number of rotatable bonds is 12. The van der Waals surface area contributed by atoms with E-state index in [0.29, 0.717) is 11.3 Å². The second kappa shape index (κ2) is 11.1. The molecule has 1 fully saturated rings. The number of carbonyl (C=O) groups is 1. The number of methoxy groups -OCH3 is 2. The largest absolute Gasteiger partial charge is 0.497 e. The normalized spacial score (nSPS) is 22.8. The smallest absolute Gasteiger partial charge is 0.303 e. The van der Waals surface area contributed by atoms with Crippen molar-refractivity contribution in [3.63, 3.8) is 0 Å². The maximum Gasteiger partial charge on any atom is 0.303 e. The number of esters is 1. The van der Waals surface area contributed by atoms with Gasteiger partial charge in [0, 0.05) is 14.0 Å². The van der Waals surface area contributed by atoms with Crippen molar-refractivity contribution in [2.24, 2.45) is 0 Å². The standard InChI is InChI=1S/C19H28O12S2/c1-13(20)30-16-17(27-10-14-6-8-15(25-2)9-7-14)19(31-18(16)26-3,11-28-32(4,21)22)12-29-33(5,23)24/h6-9,16-18H,10-12H2,1-5H3/t16-,17+,18?/m0/s1. The maximum absolute atomic E-state index is 11.7. The Balaban J connectivity index is 2.42. The fourth-order valence-electron chi connectivity index (χ4n) is 3.14. The minimum atomic E-state index is -3.97. The molecule has 3 atom stereocenters. The fourth-order valence-corrected chi connectivity index (χ4v) is 3.97. The van der Waals surface area contributed by atoms with E-state index in [1.54, 1.807) is 24.3 Å². The second-order valence-corrected chi connectivity index (χ2v) is 10.7. The molecule has 0 bridgehead atoms. The van der Waals surface area contributed by atoms with Gasteiger partial charge in [0.05, 0.1) is 26.2 Å². The SMILES string of the molecule is COc1ccc(CO[C@@H]2[C@H](OC(C)=O)C(OC)OC2(COS(C)(=O)=O)COS(C)(=O)=O)cc1. The van der Waals surface area contributed by atoms with Crippen LogP contribution in [0.15, 0.2) is 24.3 Å². The van der Waals surface area contributed by atoms with Crippen molar-refractivity contribution in [2.45, 2.75) is 37.6 Å². The van der Waals surface area contributed by atoms with Crippen LogP contribution < -0.4 is 4.74 Å². The van der Waals surface area contributed by atoms with E-state index in [4.69, 9.17) is 32.1 Å². The van der Waals surface area contributed by atoms with Gasteiger partial charge in [0.25, 0.3) is 20.2 Å². The highest BCUT2D eigenvalue weighted by molar-refractivity contribution is 7.86. The number of ether oxygens (including phenoxy) is 5. The fraction of sp³-hybridized carbons (Fsp3) is 0.632. The summed E-state index contributed by atoms with van der Waals surface area (Å²) in [6.45, 7) is -0.252. The Morgan fingerprint density at radius 2 is 1.55 bits per heavy atom. The Morgan fingerprint density at radius 1 is 1.00 bits per heavy atom. The van der Waals surface area contributed by atoms with Crippen LogP contribution >= 0.6 is 0 Å². The minimum Gasteiger partial charge on any atom is -0.497 e. The van der Waals surface area contributed by atoms with E-state index in [0.717, 1.165) is 19.4 Å². The highest BCUT2D eigenvalue weighted by atomic mass is 32.2. The summed E-state index contributed by atoms with van der Waals surface area (Å²) >= 11 is 0. The van der Waals surface area contributed by atoms with Crippen LogP contribution in [0.25, 0.3) is 0 Å². The van der Waals surface area contributed by atoms with Crippen molar-refractivity contribution in [3.8, 4) is 5.75 Å². The molecule has 0 spiro atoms. The number of carbonyl (C=O) groups excluding carboxylic acids is 1. The Hall–Kier alpha value is -1.81. The first-order valence-electron chi connectivity index (χ1n) is 9.60. The van der Waals surface area contributed by atoms with Gasteiger partial charge in [-0.1, -0.05) is 12.1 Å². The molecule has 1 heterocycles. The molecule has 0 N–H and O–H groups in total. The molecule has 0 radical (unpaired) electrons. The summed E-state index contributed by atoms with van der Waals surface area (Å²) in [5.41, 5.74) is -1.13. The van der Waals surface area contributed by atoms with Gasteiger partial charge in [-0.25, -0.2) is 0 Å². The summed E-state index contributed by atoms with van der Waals surface area (Å²) in [5, 5.41) is 0. The van der Waals surface area contributed by atoms with Crippen LogP contribution in [0.1, 0.15) is 12.5 Å². The lowest BCUT2D eigenvalue weighted by molar-refractivity contribution is -0.200. The van der Waals surface area contributed by atoms with Crippen LogP contribution in [0.5, 0.6) is 5.75 Å². The molecular weight excluding hydrogens is 484 g/mol. The third kappa shape index (κ3) is 8.17. The average molecular weight is 513 g/mol. The molecule has 1 aliphatic heterocycles. The summed E-state index contributed by atoms with van der Waals surface area (Å²) in [7, 11) is -5.15. The molecule has 0 aliphatic carbocycles. The molecule has 1 saturated heterocycles. The topological polar surface area (TPSA) is 150 Å². The Kier molecular flexibility index (Phi) is 9.21. The van der Waals surface area contributed by atoms with Crippen LogP contribution in [0, 0.1) is 0 Å². The Morgan fingerprint density at radius 3 is 1.97 bits per heavy atom. The van der Waals surface area contributed by atoms with E-state index in [1.165, 1.54) is 14.2 Å². The molecule has 0 saturated carbocycles. The molecule has 12 nitrogen and oxygen atoms in total. The number of benzene rings is 1. The van der Waals surface area contributed by atoms with Crippen LogP contribution in [0.3, 0.4) is 0 Å². The van der Waals surface area contributed by atoms with E-state index in [-0.39, 0.29) is 6.61 Å². The van der Waals surface area contributed by atoms with E-state index in [2.05, 4.69) is 0 Å². The molecular formula is C19H28O12S2. The third-order valence-electron chi connectivity index (χ3n) is 4.59. The summed E-state index contributed by atoms with van der Waals surface area (Å²) in [5.74, 6) is -0.0646. The average Bonchev–Trinajstić information content (AvgIpc) is 3.01. The molecule has 1 aromatic rings. The highest BCUT2D eigenvalue weighted by Crippen LogP contribution is 2.38. The first kappa shape index (κ1) is 27.4. The van der Waals surface area contributed by atoms with E-state index in [1.807, 2.05) is 0 Å². The monoisotopic (exact) mass is 512 g/mol. The van der Waals surface area contributed by atoms with Gasteiger partial charge in [-0.2, -0.15) is 16.8 Å². The number of hydrogen-bond acceptors (Lipinski definition) is 12. The Labute approximate surface area is 193 Å². The predicted molar refractivity (Wildman–Crippen MR) is 113 cm³/mol. The molecule has 0 amide bonds. The summed E-state index contributed by atoms with van der Waals surface area (Å²) in [6, 6.07) is 6.87. The van der Waals surface area contributed by atoms with Gasteiger partial charge in [0.1, 0.15) is 25.1 Å². The lowest BCUT2D eigenvalue weighted by Gasteiger charge is -2.33. The first-order valence-corrected chi connectivity index (χ1v) is 13.2. The van der Waals surface area contributed by atoms with Gasteiger partial charge >= 0.3 is 5.97 Å². The van der Waals surface area contributed by atoms with Crippen molar-refractivity contribution < 1.29 is 53.7 Å².